The molecule has 0 aromatic heterocycles. The quantitative estimate of drug-likeness (QED) is 0.0508. The molecule has 360 valence electrons. The fraction of sp³-hybridized carbons (Fsp3) is 0.820. The first kappa shape index (κ1) is 57.9. The summed E-state index contributed by atoms with van der Waals surface area (Å²) in [7, 11) is -4.19. The van der Waals surface area contributed by atoms with E-state index in [9.17, 15) is 14.4 Å². The number of carbonyl (C=O) groups is 3. The van der Waals surface area contributed by atoms with Crippen molar-refractivity contribution >= 4 is 34.5 Å². The van der Waals surface area contributed by atoms with E-state index in [0.717, 1.165) is 76.2 Å². The van der Waals surface area contributed by atoms with E-state index in [4.69, 9.17) is 30.8 Å². The summed E-state index contributed by atoms with van der Waals surface area (Å²) in [6.45, 7) is 26.4. The summed E-state index contributed by atoms with van der Waals surface area (Å²) in [5.41, 5.74) is 19.2. The van der Waals surface area contributed by atoms with E-state index >= 15 is 0 Å². The maximum Gasteiger partial charge on any atom is 0.417 e. The Balaban J connectivity index is 0.000000672. The lowest BCUT2D eigenvalue weighted by Gasteiger charge is -2.39. The van der Waals surface area contributed by atoms with E-state index in [2.05, 4.69) is 81.6 Å². The standard InChI is InChI=1S/C30H52N2O4Si.C20H44N2O2Si/c1-7-8-9-14-19-25(31)20-15-11-16-21-27(36-37(5,6)30(2,3)4)28(33)32-26(23-35-29(32)34)22-24-17-12-10-13-18-24;1-7-8-9-11-14-17(21)15-12-10-13-16-18(19(22)23)24-25(5,6)20(2,3)4/h10,12-13,17-18,25-27H,7-9,11,14-16,19-23,31H2,1-6H3;17-18H,7-16,21H2,1-6H3,(H2,22,23)/t25-,26-,27-;17-,18-/m11/s1. The molecule has 62 heavy (non-hydrogen) atoms. The van der Waals surface area contributed by atoms with Gasteiger partial charge in [0.2, 0.25) is 5.91 Å². The topological polar surface area (TPSA) is 160 Å². The van der Waals surface area contributed by atoms with Crippen LogP contribution in [0.3, 0.4) is 0 Å². The number of imide groups is 1. The van der Waals surface area contributed by atoms with Crippen molar-refractivity contribution in [1.82, 2.24) is 4.90 Å². The third-order valence-electron chi connectivity index (χ3n) is 13.5. The van der Waals surface area contributed by atoms with Gasteiger partial charge in [0.15, 0.2) is 16.6 Å². The number of ether oxygens (including phenoxy) is 1. The van der Waals surface area contributed by atoms with Crippen molar-refractivity contribution in [2.75, 3.05) is 6.61 Å². The summed E-state index contributed by atoms with van der Waals surface area (Å²) in [5.74, 6) is -0.571. The molecule has 1 saturated heterocycles. The summed E-state index contributed by atoms with van der Waals surface area (Å²) < 4.78 is 18.2. The normalized spacial score (nSPS) is 16.9. The Hall–Kier alpha value is -2.10. The zero-order valence-corrected chi connectivity index (χ0v) is 44.0. The molecule has 0 spiro atoms. The second-order valence-electron chi connectivity index (χ2n) is 21.3. The smallest absolute Gasteiger partial charge is 0.417 e. The number of benzene rings is 1. The van der Waals surface area contributed by atoms with Crippen LogP contribution in [0.25, 0.3) is 0 Å². The van der Waals surface area contributed by atoms with Crippen LogP contribution >= 0.6 is 0 Å². The van der Waals surface area contributed by atoms with Crippen molar-refractivity contribution in [2.45, 2.75) is 257 Å². The van der Waals surface area contributed by atoms with Gasteiger partial charge >= 0.3 is 6.09 Å². The molecule has 3 amide bonds. The largest absolute Gasteiger partial charge is 0.447 e. The molecule has 12 heteroatoms. The van der Waals surface area contributed by atoms with Gasteiger partial charge < -0.3 is 30.8 Å². The lowest BCUT2D eigenvalue weighted by Crippen LogP contribution is -2.52. The third kappa shape index (κ3) is 22.7. The Kier molecular flexibility index (Phi) is 27.5. The number of primary amides is 1. The van der Waals surface area contributed by atoms with Crippen LogP contribution in [-0.2, 0) is 29.6 Å². The van der Waals surface area contributed by atoms with E-state index in [-0.39, 0.29) is 40.6 Å². The minimum atomic E-state index is -2.23. The SMILES string of the molecule is CCCCCC[C@@H](N)CCCCC[C@@H](O[Si](C)(C)C(C)(C)C)C(=O)N1C(=O)OC[C@H]1Cc1ccccc1.CCCCCC[C@@H](N)CCCCC[C@@H](O[Si](C)(C)C(C)(C)C)C(N)=O. The zero-order chi connectivity index (χ0) is 47.0. The highest BCUT2D eigenvalue weighted by atomic mass is 28.4. The van der Waals surface area contributed by atoms with E-state index in [0.29, 0.717) is 18.9 Å². The van der Waals surface area contributed by atoms with Gasteiger partial charge in [0.25, 0.3) is 5.91 Å². The van der Waals surface area contributed by atoms with E-state index in [1.54, 1.807) is 0 Å². The van der Waals surface area contributed by atoms with Crippen LogP contribution in [0, 0.1) is 0 Å². The van der Waals surface area contributed by atoms with E-state index < -0.39 is 34.9 Å². The fourth-order valence-electron chi connectivity index (χ4n) is 7.26. The Morgan fingerprint density at radius 3 is 1.45 bits per heavy atom. The first-order valence-corrected chi connectivity index (χ1v) is 30.5. The van der Waals surface area contributed by atoms with Crippen LogP contribution in [0.4, 0.5) is 4.79 Å². The number of carbonyl (C=O) groups excluding carboxylic acids is 3. The molecule has 2 rings (SSSR count). The molecule has 1 aliphatic rings. The van der Waals surface area contributed by atoms with Crippen molar-refractivity contribution < 1.29 is 28.0 Å². The number of cyclic esters (lactones) is 1. The second kappa shape index (κ2) is 29.4. The molecule has 1 aliphatic heterocycles. The summed E-state index contributed by atoms with van der Waals surface area (Å²) in [6.07, 6.45) is 20.9. The molecule has 6 N–H and O–H groups in total. The summed E-state index contributed by atoms with van der Waals surface area (Å²) in [4.78, 5) is 39.6. The number of nitrogens with two attached hydrogens (primary N) is 3. The molecule has 1 aromatic carbocycles. The minimum Gasteiger partial charge on any atom is -0.447 e. The Morgan fingerprint density at radius 1 is 0.661 bits per heavy atom. The van der Waals surface area contributed by atoms with E-state index in [1.165, 1.54) is 56.3 Å². The maximum atomic E-state index is 13.8. The molecule has 0 saturated carbocycles. The second-order valence-corrected chi connectivity index (χ2v) is 30.8. The van der Waals surface area contributed by atoms with Crippen molar-refractivity contribution in [2.24, 2.45) is 17.2 Å². The summed E-state index contributed by atoms with van der Waals surface area (Å²) in [5, 5.41) is 0.0519. The monoisotopic (exact) mass is 905 g/mol. The molecular formula is C50H96N4O6Si2. The van der Waals surface area contributed by atoms with Gasteiger partial charge in [-0.15, -0.1) is 0 Å². The lowest BCUT2D eigenvalue weighted by molar-refractivity contribution is -0.137. The molecule has 1 fully saturated rings. The molecule has 0 aliphatic carbocycles. The summed E-state index contributed by atoms with van der Waals surface area (Å²) >= 11 is 0. The molecule has 0 bridgehead atoms. The maximum absolute atomic E-state index is 13.8. The van der Waals surface area contributed by atoms with Gasteiger partial charge in [-0.05, 0) is 86.8 Å². The number of hydrogen-bond donors (Lipinski definition) is 3. The lowest BCUT2D eigenvalue weighted by atomic mass is 10.0. The molecule has 5 atom stereocenters. The number of amides is 3. The Morgan fingerprint density at radius 2 is 1.05 bits per heavy atom. The highest BCUT2D eigenvalue weighted by molar-refractivity contribution is 6.74. The van der Waals surface area contributed by atoms with Gasteiger partial charge in [0, 0.05) is 12.1 Å². The van der Waals surface area contributed by atoms with Crippen LogP contribution in [0.5, 0.6) is 0 Å². The predicted octanol–water partition coefficient (Wildman–Crippen LogP) is 12.3. The molecule has 1 heterocycles. The van der Waals surface area contributed by atoms with E-state index in [1.807, 2.05) is 30.3 Å². The van der Waals surface area contributed by atoms with Crippen LogP contribution in [0.2, 0.25) is 36.3 Å². The Bertz CT molecular complexity index is 1380. The summed E-state index contributed by atoms with van der Waals surface area (Å²) in [6, 6.07) is 10.2. The number of unbranched alkanes of at least 4 members (excludes halogenated alkanes) is 10. The first-order valence-electron chi connectivity index (χ1n) is 24.7. The van der Waals surface area contributed by atoms with Crippen LogP contribution in [0.15, 0.2) is 30.3 Å². The highest BCUT2D eigenvalue weighted by Crippen LogP contribution is 2.39. The molecular weight excluding hydrogens is 809 g/mol. The zero-order valence-electron chi connectivity index (χ0n) is 42.0. The van der Waals surface area contributed by atoms with Crippen LogP contribution in [-0.4, -0.2) is 76.4 Å². The Labute approximate surface area is 382 Å². The van der Waals surface area contributed by atoms with Gasteiger partial charge in [0.05, 0.1) is 6.04 Å². The van der Waals surface area contributed by atoms with Gasteiger partial charge in [-0.3, -0.25) is 9.59 Å². The third-order valence-corrected chi connectivity index (χ3v) is 22.5. The van der Waals surface area contributed by atoms with Crippen molar-refractivity contribution in [3.63, 3.8) is 0 Å². The van der Waals surface area contributed by atoms with Gasteiger partial charge in [-0.2, -0.15) is 0 Å². The predicted molar refractivity (Wildman–Crippen MR) is 265 cm³/mol. The van der Waals surface area contributed by atoms with Crippen LogP contribution < -0.4 is 17.2 Å². The average Bonchev–Trinajstić information content (AvgIpc) is 3.55. The molecule has 0 radical (unpaired) electrons. The average molecular weight is 906 g/mol. The van der Waals surface area contributed by atoms with Gasteiger partial charge in [-0.25, -0.2) is 9.69 Å². The minimum absolute atomic E-state index is 0.0367. The van der Waals surface area contributed by atoms with Crippen molar-refractivity contribution in [1.29, 1.82) is 0 Å². The van der Waals surface area contributed by atoms with Gasteiger partial charge in [-0.1, -0.05) is 176 Å². The van der Waals surface area contributed by atoms with Gasteiger partial charge in [0.1, 0.15) is 18.8 Å². The number of hydrogen-bond acceptors (Lipinski definition) is 8. The van der Waals surface area contributed by atoms with Crippen molar-refractivity contribution in [3.8, 4) is 0 Å². The number of nitrogens with zero attached hydrogens (tertiary/aromatic N) is 1. The van der Waals surface area contributed by atoms with Crippen molar-refractivity contribution in [3.05, 3.63) is 35.9 Å². The first-order chi connectivity index (χ1) is 29.0. The number of rotatable bonds is 30. The molecule has 1 aromatic rings. The molecule has 0 unspecified atom stereocenters. The fourth-order valence-corrected chi connectivity index (χ4v) is 9.84. The van der Waals surface area contributed by atoms with Crippen LogP contribution in [0.1, 0.15) is 189 Å². The highest BCUT2D eigenvalue weighted by Gasteiger charge is 2.45. The molecule has 10 nitrogen and oxygen atoms in total.